The highest BCUT2D eigenvalue weighted by molar-refractivity contribution is 6.30. The van der Waals surface area contributed by atoms with Gasteiger partial charge < -0.3 is 14.8 Å². The number of aromatic nitrogens is 1. The molecule has 0 aliphatic heterocycles. The Labute approximate surface area is 192 Å². The molecule has 0 saturated carbocycles. The van der Waals surface area contributed by atoms with Crippen molar-refractivity contribution in [2.75, 3.05) is 13.7 Å². The van der Waals surface area contributed by atoms with E-state index in [1.54, 1.807) is 13.2 Å². The van der Waals surface area contributed by atoms with Crippen LogP contribution in [0.4, 0.5) is 0 Å². The van der Waals surface area contributed by atoms with E-state index in [0.29, 0.717) is 29.5 Å². The van der Waals surface area contributed by atoms with Gasteiger partial charge in [-0.2, -0.15) is 0 Å². The van der Waals surface area contributed by atoms with Gasteiger partial charge in [0.05, 0.1) is 24.9 Å². The third-order valence-electron chi connectivity index (χ3n) is 5.04. The SMILES string of the molecule is CCOc1cc(-c2cccc(Cl)c2)nc2ccc(C(=O)NCc3cccc(OC)c3)cc12. The number of rotatable bonds is 7. The smallest absolute Gasteiger partial charge is 0.251 e. The number of ether oxygens (including phenoxy) is 2. The Morgan fingerprint density at radius 3 is 2.66 bits per heavy atom. The summed E-state index contributed by atoms with van der Waals surface area (Å²) < 4.78 is 11.1. The molecule has 0 radical (unpaired) electrons. The van der Waals surface area contributed by atoms with Gasteiger partial charge in [0.25, 0.3) is 5.91 Å². The number of hydrogen-bond acceptors (Lipinski definition) is 4. The lowest BCUT2D eigenvalue weighted by Crippen LogP contribution is -2.22. The maximum absolute atomic E-state index is 12.8. The van der Waals surface area contributed by atoms with Crippen LogP contribution in [0.1, 0.15) is 22.8 Å². The molecule has 4 rings (SSSR count). The van der Waals surface area contributed by atoms with E-state index in [2.05, 4.69) is 5.32 Å². The number of carbonyl (C=O) groups is 1. The molecule has 0 fully saturated rings. The molecule has 0 spiro atoms. The summed E-state index contributed by atoms with van der Waals surface area (Å²) in [6, 6.07) is 22.5. The summed E-state index contributed by atoms with van der Waals surface area (Å²) in [5.74, 6) is 1.26. The van der Waals surface area contributed by atoms with Crippen molar-refractivity contribution in [2.24, 2.45) is 0 Å². The molecule has 0 unspecified atom stereocenters. The molecule has 32 heavy (non-hydrogen) atoms. The third kappa shape index (κ3) is 4.84. The molecular formula is C26H23ClN2O3. The average molecular weight is 447 g/mol. The van der Waals surface area contributed by atoms with Crippen LogP contribution in [0.2, 0.25) is 5.02 Å². The highest BCUT2D eigenvalue weighted by atomic mass is 35.5. The van der Waals surface area contributed by atoms with Crippen molar-refractivity contribution in [3.63, 3.8) is 0 Å². The van der Waals surface area contributed by atoms with Gasteiger partial charge in [-0.3, -0.25) is 4.79 Å². The topological polar surface area (TPSA) is 60.5 Å². The van der Waals surface area contributed by atoms with Gasteiger partial charge in [-0.25, -0.2) is 4.98 Å². The van der Waals surface area contributed by atoms with Gasteiger partial charge in [0.1, 0.15) is 11.5 Å². The Hall–Kier alpha value is -3.57. The number of pyridine rings is 1. The van der Waals surface area contributed by atoms with Crippen LogP contribution in [-0.2, 0) is 6.54 Å². The highest BCUT2D eigenvalue weighted by Gasteiger charge is 2.13. The number of nitrogens with zero attached hydrogens (tertiary/aromatic N) is 1. The molecule has 1 heterocycles. The normalized spacial score (nSPS) is 10.7. The van der Waals surface area contributed by atoms with Gasteiger partial charge in [0.15, 0.2) is 0 Å². The van der Waals surface area contributed by atoms with Crippen molar-refractivity contribution in [3.05, 3.63) is 88.9 Å². The van der Waals surface area contributed by atoms with Crippen molar-refractivity contribution in [3.8, 4) is 22.8 Å². The van der Waals surface area contributed by atoms with Crippen LogP contribution in [0.25, 0.3) is 22.2 Å². The Balaban J connectivity index is 1.63. The number of fused-ring (bicyclic) bond motifs is 1. The Kier molecular flexibility index (Phi) is 6.57. The second-order valence-electron chi connectivity index (χ2n) is 7.22. The lowest BCUT2D eigenvalue weighted by atomic mass is 10.1. The monoisotopic (exact) mass is 446 g/mol. The fourth-order valence-corrected chi connectivity index (χ4v) is 3.66. The minimum Gasteiger partial charge on any atom is -0.497 e. The molecule has 3 aromatic carbocycles. The van der Waals surface area contributed by atoms with Gasteiger partial charge in [-0.15, -0.1) is 0 Å². The summed E-state index contributed by atoms with van der Waals surface area (Å²) in [6.45, 7) is 2.83. The molecule has 5 nitrogen and oxygen atoms in total. The van der Waals surface area contributed by atoms with Crippen LogP contribution in [0.3, 0.4) is 0 Å². The zero-order valence-corrected chi connectivity index (χ0v) is 18.6. The zero-order valence-electron chi connectivity index (χ0n) is 17.9. The maximum Gasteiger partial charge on any atom is 0.251 e. The summed E-state index contributed by atoms with van der Waals surface area (Å²) in [5.41, 5.74) is 3.91. The number of carbonyl (C=O) groups excluding carboxylic acids is 1. The summed E-state index contributed by atoms with van der Waals surface area (Å²) in [5, 5.41) is 4.38. The fraction of sp³-hybridized carbons (Fsp3) is 0.154. The Morgan fingerprint density at radius 2 is 1.88 bits per heavy atom. The number of hydrogen-bond donors (Lipinski definition) is 1. The quantitative estimate of drug-likeness (QED) is 0.384. The zero-order chi connectivity index (χ0) is 22.5. The van der Waals surface area contributed by atoms with Crippen molar-refractivity contribution in [1.29, 1.82) is 0 Å². The van der Waals surface area contributed by atoms with Gasteiger partial charge in [-0.1, -0.05) is 35.9 Å². The van der Waals surface area contributed by atoms with Crippen molar-refractivity contribution < 1.29 is 14.3 Å². The molecule has 1 amide bonds. The minimum absolute atomic E-state index is 0.170. The number of benzene rings is 3. The van der Waals surface area contributed by atoms with Crippen molar-refractivity contribution >= 4 is 28.4 Å². The molecule has 0 saturated heterocycles. The van der Waals surface area contributed by atoms with E-state index in [0.717, 1.165) is 33.5 Å². The predicted octanol–water partition coefficient (Wildman–Crippen LogP) is 5.89. The third-order valence-corrected chi connectivity index (χ3v) is 5.28. The van der Waals surface area contributed by atoms with Crippen LogP contribution in [0.15, 0.2) is 72.8 Å². The molecule has 1 aromatic heterocycles. The number of amides is 1. The average Bonchev–Trinajstić information content (AvgIpc) is 2.82. The van der Waals surface area contributed by atoms with E-state index >= 15 is 0 Å². The van der Waals surface area contributed by atoms with Crippen molar-refractivity contribution in [2.45, 2.75) is 13.5 Å². The van der Waals surface area contributed by atoms with Crippen LogP contribution in [0, 0.1) is 0 Å². The highest BCUT2D eigenvalue weighted by Crippen LogP contribution is 2.31. The van der Waals surface area contributed by atoms with Crippen LogP contribution in [-0.4, -0.2) is 24.6 Å². The first kappa shape index (κ1) is 21.7. The standard InChI is InChI=1S/C26H23ClN2O3/c1-3-32-25-15-24(18-7-5-8-20(27)13-18)29-23-11-10-19(14-22(23)25)26(30)28-16-17-6-4-9-21(12-17)31-2/h4-15H,3,16H2,1-2H3,(H,28,30). The number of nitrogens with one attached hydrogen (secondary N) is 1. The van der Waals surface area contributed by atoms with Crippen LogP contribution < -0.4 is 14.8 Å². The van der Waals surface area contributed by atoms with Gasteiger partial charge >= 0.3 is 0 Å². The maximum atomic E-state index is 12.8. The molecular weight excluding hydrogens is 424 g/mol. The second-order valence-corrected chi connectivity index (χ2v) is 7.65. The van der Waals surface area contributed by atoms with E-state index in [-0.39, 0.29) is 5.91 Å². The first-order valence-corrected chi connectivity index (χ1v) is 10.7. The molecule has 4 aromatic rings. The Bertz CT molecular complexity index is 1270. The summed E-state index contributed by atoms with van der Waals surface area (Å²) >= 11 is 6.15. The Morgan fingerprint density at radius 1 is 1.03 bits per heavy atom. The lowest BCUT2D eigenvalue weighted by molar-refractivity contribution is 0.0951. The summed E-state index contributed by atoms with van der Waals surface area (Å²) in [6.07, 6.45) is 0. The van der Waals surface area contributed by atoms with E-state index in [4.69, 9.17) is 26.1 Å². The first-order valence-electron chi connectivity index (χ1n) is 10.3. The molecule has 1 N–H and O–H groups in total. The molecule has 0 aliphatic rings. The van der Waals surface area contributed by atoms with Crippen LogP contribution in [0.5, 0.6) is 11.5 Å². The number of halogens is 1. The van der Waals surface area contributed by atoms with Gasteiger partial charge in [0, 0.05) is 34.1 Å². The van der Waals surface area contributed by atoms with Gasteiger partial charge in [-0.05, 0) is 55.0 Å². The largest absolute Gasteiger partial charge is 0.497 e. The van der Waals surface area contributed by atoms with Gasteiger partial charge in [0.2, 0.25) is 0 Å². The van der Waals surface area contributed by atoms with Crippen molar-refractivity contribution in [1.82, 2.24) is 10.3 Å². The lowest BCUT2D eigenvalue weighted by Gasteiger charge is -2.12. The molecule has 162 valence electrons. The molecule has 0 atom stereocenters. The fourth-order valence-electron chi connectivity index (χ4n) is 3.47. The van der Waals surface area contributed by atoms with E-state index in [9.17, 15) is 4.79 Å². The summed E-state index contributed by atoms with van der Waals surface area (Å²) in [4.78, 5) is 17.6. The number of methoxy groups -OCH3 is 1. The summed E-state index contributed by atoms with van der Waals surface area (Å²) in [7, 11) is 1.62. The van der Waals surface area contributed by atoms with E-state index < -0.39 is 0 Å². The predicted molar refractivity (Wildman–Crippen MR) is 128 cm³/mol. The first-order chi connectivity index (χ1) is 15.6. The second kappa shape index (κ2) is 9.71. The molecule has 0 bridgehead atoms. The van der Waals surface area contributed by atoms with E-state index in [1.165, 1.54) is 0 Å². The molecule has 0 aliphatic carbocycles. The van der Waals surface area contributed by atoms with E-state index in [1.807, 2.05) is 73.7 Å². The van der Waals surface area contributed by atoms with Crippen LogP contribution >= 0.6 is 11.6 Å². The minimum atomic E-state index is -0.170. The molecule has 6 heteroatoms.